The first kappa shape index (κ1) is 25.3. The first-order chi connectivity index (χ1) is 18.4. The van der Waals surface area contributed by atoms with E-state index in [1.807, 2.05) is 18.2 Å². The van der Waals surface area contributed by atoms with Crippen LogP contribution in [0.4, 0.5) is 4.79 Å². The van der Waals surface area contributed by atoms with Crippen LogP contribution in [0.5, 0.6) is 11.5 Å². The van der Waals surface area contributed by atoms with E-state index in [-0.39, 0.29) is 17.4 Å². The van der Waals surface area contributed by atoms with Crippen molar-refractivity contribution in [2.45, 2.75) is 13.0 Å². The fraction of sp³-hybridized carbons (Fsp3) is 0.172. The number of nitrogens with zero attached hydrogens (tertiary/aromatic N) is 2. The molecule has 0 spiro atoms. The highest BCUT2D eigenvalue weighted by Crippen LogP contribution is 2.32. The van der Waals surface area contributed by atoms with Gasteiger partial charge in [0.15, 0.2) is 0 Å². The van der Waals surface area contributed by atoms with Crippen molar-refractivity contribution in [3.05, 3.63) is 100.0 Å². The van der Waals surface area contributed by atoms with Crippen molar-refractivity contribution < 1.29 is 28.7 Å². The third-order valence-corrected chi connectivity index (χ3v) is 7.27. The first-order valence-electron chi connectivity index (χ1n) is 12.0. The van der Waals surface area contributed by atoms with Gasteiger partial charge in [0.05, 0.1) is 17.6 Å². The number of hydrogen-bond donors (Lipinski definition) is 0. The molecule has 0 unspecified atom stereocenters. The predicted octanol–water partition coefficient (Wildman–Crippen LogP) is 4.54. The van der Waals surface area contributed by atoms with Gasteiger partial charge in [0.2, 0.25) is 5.91 Å². The van der Waals surface area contributed by atoms with Crippen LogP contribution in [-0.2, 0) is 22.6 Å². The van der Waals surface area contributed by atoms with E-state index in [4.69, 9.17) is 9.47 Å². The Morgan fingerprint density at radius 2 is 1.61 bits per heavy atom. The Kier molecular flexibility index (Phi) is 7.28. The van der Waals surface area contributed by atoms with Crippen LogP contribution in [0.3, 0.4) is 0 Å². The van der Waals surface area contributed by atoms with Crippen molar-refractivity contribution >= 4 is 40.9 Å². The zero-order valence-electron chi connectivity index (χ0n) is 20.6. The van der Waals surface area contributed by atoms with E-state index < -0.39 is 17.1 Å². The molecule has 2 aliphatic heterocycles. The maximum absolute atomic E-state index is 12.9. The van der Waals surface area contributed by atoms with Gasteiger partial charge in [-0.05, 0) is 77.3 Å². The van der Waals surface area contributed by atoms with E-state index in [0.717, 1.165) is 28.6 Å². The second-order valence-electron chi connectivity index (χ2n) is 8.79. The van der Waals surface area contributed by atoms with E-state index >= 15 is 0 Å². The van der Waals surface area contributed by atoms with E-state index in [9.17, 15) is 19.2 Å². The third-order valence-electron chi connectivity index (χ3n) is 6.36. The van der Waals surface area contributed by atoms with Gasteiger partial charge in [0.1, 0.15) is 18.0 Å². The highest BCUT2D eigenvalue weighted by atomic mass is 32.2. The van der Waals surface area contributed by atoms with Crippen molar-refractivity contribution in [3.63, 3.8) is 0 Å². The smallest absolute Gasteiger partial charge is 0.343 e. The van der Waals surface area contributed by atoms with Crippen molar-refractivity contribution in [1.29, 1.82) is 0 Å². The van der Waals surface area contributed by atoms with Crippen LogP contribution in [0.15, 0.2) is 77.7 Å². The van der Waals surface area contributed by atoms with Gasteiger partial charge in [-0.1, -0.05) is 36.4 Å². The standard InChI is InChI=1S/C29H24N2O6S/c1-36-23-12-8-21(9-13-23)28(34)37-24-10-6-19(7-11-24)16-25-27(33)31(29(35)38-25)18-26(32)30-15-14-20-4-2-3-5-22(20)17-30/h2-13,16H,14-15,17-18H2,1H3/b25-16+. The van der Waals surface area contributed by atoms with Crippen LogP contribution in [0.1, 0.15) is 27.0 Å². The zero-order chi connectivity index (χ0) is 26.6. The molecule has 0 aliphatic carbocycles. The van der Waals surface area contributed by atoms with E-state index in [2.05, 4.69) is 6.07 Å². The summed E-state index contributed by atoms with van der Waals surface area (Å²) in [7, 11) is 1.55. The molecule has 0 aromatic heterocycles. The minimum Gasteiger partial charge on any atom is -0.497 e. The molecule has 3 amide bonds. The summed E-state index contributed by atoms with van der Waals surface area (Å²) < 4.78 is 10.5. The number of carbonyl (C=O) groups is 4. The number of amides is 3. The zero-order valence-corrected chi connectivity index (χ0v) is 21.4. The molecule has 1 fully saturated rings. The molecule has 0 saturated carbocycles. The minimum absolute atomic E-state index is 0.231. The average molecular weight is 529 g/mol. The van der Waals surface area contributed by atoms with Gasteiger partial charge in [0.25, 0.3) is 11.1 Å². The Labute approximate surface area is 223 Å². The number of carbonyl (C=O) groups excluding carboxylic acids is 4. The van der Waals surface area contributed by atoms with Crippen LogP contribution in [0.25, 0.3) is 6.08 Å². The summed E-state index contributed by atoms with van der Waals surface area (Å²) in [6.45, 7) is 0.734. The molecule has 38 heavy (non-hydrogen) atoms. The second kappa shape index (κ2) is 10.9. The van der Waals surface area contributed by atoms with Gasteiger partial charge >= 0.3 is 5.97 Å². The van der Waals surface area contributed by atoms with Crippen molar-refractivity contribution in [2.75, 3.05) is 20.2 Å². The Balaban J connectivity index is 1.20. The highest BCUT2D eigenvalue weighted by Gasteiger charge is 2.37. The molecular formula is C29H24N2O6S. The molecule has 0 radical (unpaired) electrons. The van der Waals surface area contributed by atoms with E-state index in [0.29, 0.717) is 35.7 Å². The Morgan fingerprint density at radius 1 is 0.921 bits per heavy atom. The van der Waals surface area contributed by atoms with Crippen LogP contribution in [-0.4, -0.2) is 53.0 Å². The number of ether oxygens (including phenoxy) is 2. The van der Waals surface area contributed by atoms with Gasteiger partial charge in [0, 0.05) is 13.1 Å². The highest BCUT2D eigenvalue weighted by molar-refractivity contribution is 8.18. The molecule has 2 aliphatic rings. The van der Waals surface area contributed by atoms with Crippen LogP contribution in [0, 0.1) is 0 Å². The monoisotopic (exact) mass is 528 g/mol. The lowest BCUT2D eigenvalue weighted by Crippen LogP contribution is -2.44. The van der Waals surface area contributed by atoms with Crippen molar-refractivity contribution in [1.82, 2.24) is 9.80 Å². The summed E-state index contributed by atoms with van der Waals surface area (Å²) in [4.78, 5) is 53.6. The van der Waals surface area contributed by atoms with Crippen LogP contribution < -0.4 is 9.47 Å². The number of benzene rings is 3. The Hall–Kier alpha value is -4.37. The number of imide groups is 1. The number of hydrogen-bond acceptors (Lipinski definition) is 7. The lowest BCUT2D eigenvalue weighted by Gasteiger charge is -2.29. The summed E-state index contributed by atoms with van der Waals surface area (Å²) in [6.07, 6.45) is 2.33. The van der Waals surface area contributed by atoms with Gasteiger partial charge in [-0.2, -0.15) is 0 Å². The summed E-state index contributed by atoms with van der Waals surface area (Å²) in [5.41, 5.74) is 3.33. The van der Waals surface area contributed by atoms with Gasteiger partial charge < -0.3 is 14.4 Å². The maximum atomic E-state index is 12.9. The lowest BCUT2D eigenvalue weighted by atomic mass is 10.00. The molecule has 0 N–H and O–H groups in total. The molecule has 0 atom stereocenters. The minimum atomic E-state index is -0.511. The Bertz CT molecular complexity index is 1430. The Morgan fingerprint density at radius 3 is 2.32 bits per heavy atom. The first-order valence-corrected chi connectivity index (χ1v) is 12.8. The molecule has 3 aromatic carbocycles. The third kappa shape index (κ3) is 5.47. The van der Waals surface area contributed by atoms with Crippen molar-refractivity contribution in [3.8, 4) is 11.5 Å². The largest absolute Gasteiger partial charge is 0.497 e. The molecule has 2 heterocycles. The maximum Gasteiger partial charge on any atom is 0.343 e. The van der Waals surface area contributed by atoms with Crippen LogP contribution in [0.2, 0.25) is 0 Å². The fourth-order valence-corrected chi connectivity index (χ4v) is 5.09. The quantitative estimate of drug-likeness (QED) is 0.264. The van der Waals surface area contributed by atoms with Crippen molar-refractivity contribution in [2.24, 2.45) is 0 Å². The molecule has 1 saturated heterocycles. The summed E-state index contributed by atoms with van der Waals surface area (Å²) in [5, 5.41) is -0.475. The molecule has 0 bridgehead atoms. The SMILES string of the molecule is COc1ccc(C(=O)Oc2ccc(/C=C3/SC(=O)N(CC(=O)N4CCc5ccccc5C4)C3=O)cc2)cc1. The van der Waals surface area contributed by atoms with Crippen LogP contribution >= 0.6 is 11.8 Å². The van der Waals surface area contributed by atoms with Gasteiger partial charge in [-0.3, -0.25) is 19.3 Å². The molecule has 5 rings (SSSR count). The predicted molar refractivity (Wildman–Crippen MR) is 143 cm³/mol. The summed E-state index contributed by atoms with van der Waals surface area (Å²) in [6, 6.07) is 21.1. The van der Waals surface area contributed by atoms with E-state index in [1.165, 1.54) is 5.56 Å². The number of fused-ring (bicyclic) bond motifs is 1. The molecular weight excluding hydrogens is 504 g/mol. The fourth-order valence-electron chi connectivity index (χ4n) is 4.26. The van der Waals surface area contributed by atoms with Gasteiger partial charge in [-0.25, -0.2) is 4.79 Å². The summed E-state index contributed by atoms with van der Waals surface area (Å²) >= 11 is 0.801. The molecule has 192 valence electrons. The van der Waals surface area contributed by atoms with E-state index in [1.54, 1.807) is 66.6 Å². The van der Waals surface area contributed by atoms with Gasteiger partial charge in [-0.15, -0.1) is 0 Å². The lowest BCUT2D eigenvalue weighted by molar-refractivity contribution is -0.136. The number of methoxy groups -OCH3 is 1. The molecule has 8 nitrogen and oxygen atoms in total. The number of rotatable bonds is 6. The second-order valence-corrected chi connectivity index (χ2v) is 9.78. The number of thioether (sulfide) groups is 1. The molecule has 3 aromatic rings. The topological polar surface area (TPSA) is 93.2 Å². The number of esters is 1. The summed E-state index contributed by atoms with van der Waals surface area (Å²) in [5.74, 6) is -0.294. The average Bonchev–Trinajstić information content (AvgIpc) is 3.20. The normalized spacial score (nSPS) is 16.0. The molecule has 9 heteroatoms.